The number of hydrogen-bond donors (Lipinski definition) is 1. The molecule has 0 bridgehead atoms. The number of nitrogens with one attached hydrogen (secondary N) is 1. The summed E-state index contributed by atoms with van der Waals surface area (Å²) >= 11 is 15.4. The molecule has 0 aliphatic heterocycles. The quantitative estimate of drug-likeness (QED) is 0.0710. The standard InChI is InChI=1S/C18H36ClNO.C16H35N.C2H2Cl2O.2CH4.ClH/c1-5-9-11-16(7-3)14-20(18(21)13-19)15-17(8-4)12-10-6-2;1-5-9-11-15(7-3)13-17-14-16(8-4)12-10-6-2;3-1-2(4)5;;;/h16-17H,5-15H2,1-4H3;15-17H,5-14H2,1-4H3;1H2;2*1H4;1H. The lowest BCUT2D eigenvalue weighted by molar-refractivity contribution is -0.130. The number of halogens is 4. The van der Waals surface area contributed by atoms with Gasteiger partial charge in [-0.15, -0.1) is 35.6 Å². The van der Waals surface area contributed by atoms with E-state index in [0.717, 1.165) is 37.8 Å². The molecule has 0 fully saturated rings. The number of unbranched alkanes of at least 4 members (excludes halogenated alkanes) is 4. The molecule has 1 N–H and O–H groups in total. The van der Waals surface area contributed by atoms with Crippen molar-refractivity contribution in [1.29, 1.82) is 0 Å². The Labute approximate surface area is 311 Å². The van der Waals surface area contributed by atoms with Gasteiger partial charge in [0.1, 0.15) is 5.88 Å². The summed E-state index contributed by atoms with van der Waals surface area (Å²) in [5.74, 6) is 3.19. The second kappa shape index (κ2) is 45.3. The first kappa shape index (κ1) is 58.5. The fraction of sp³-hybridized carbons (Fsp3) is 0.947. The summed E-state index contributed by atoms with van der Waals surface area (Å²) in [6.45, 7) is 22.4. The molecule has 46 heavy (non-hydrogen) atoms. The molecule has 4 atom stereocenters. The van der Waals surface area contributed by atoms with E-state index in [1.807, 2.05) is 4.90 Å². The van der Waals surface area contributed by atoms with Gasteiger partial charge in [0.05, 0.1) is 5.88 Å². The smallest absolute Gasteiger partial charge is 0.237 e. The molecule has 0 spiro atoms. The van der Waals surface area contributed by atoms with Gasteiger partial charge in [-0.3, -0.25) is 9.59 Å². The maximum absolute atomic E-state index is 12.2. The van der Waals surface area contributed by atoms with E-state index in [1.54, 1.807) is 0 Å². The largest absolute Gasteiger partial charge is 0.341 e. The molecule has 0 aliphatic carbocycles. The predicted molar refractivity (Wildman–Crippen MR) is 216 cm³/mol. The molecule has 0 aromatic rings. The van der Waals surface area contributed by atoms with Crippen LogP contribution in [0.4, 0.5) is 0 Å². The van der Waals surface area contributed by atoms with Gasteiger partial charge in [0.25, 0.3) is 0 Å². The second-order valence-corrected chi connectivity index (χ2v) is 13.2. The number of carbonyl (C=O) groups excluding carboxylic acids is 2. The van der Waals surface area contributed by atoms with Gasteiger partial charge in [-0.25, -0.2) is 0 Å². The van der Waals surface area contributed by atoms with Gasteiger partial charge in [0.2, 0.25) is 11.1 Å². The highest BCUT2D eigenvalue weighted by atomic mass is 35.5. The molecule has 0 aliphatic rings. The van der Waals surface area contributed by atoms with Crippen LogP contribution in [-0.4, -0.2) is 54.0 Å². The van der Waals surface area contributed by atoms with Crippen LogP contribution >= 0.6 is 47.2 Å². The molecule has 0 radical (unpaired) electrons. The zero-order valence-corrected chi connectivity index (χ0v) is 33.3. The summed E-state index contributed by atoms with van der Waals surface area (Å²) in [7, 11) is 0. The van der Waals surface area contributed by atoms with E-state index in [0.29, 0.717) is 11.8 Å². The Kier molecular flexibility index (Phi) is 57.5. The minimum Gasteiger partial charge on any atom is -0.341 e. The summed E-state index contributed by atoms with van der Waals surface area (Å²) in [5, 5.41) is 3.20. The first-order chi connectivity index (χ1) is 20.7. The van der Waals surface area contributed by atoms with Gasteiger partial charge < -0.3 is 10.2 Å². The molecule has 0 aromatic heterocycles. The SMILES string of the molecule is C.C.CCCCC(CC)CN(CC(CC)CCCC)C(=O)CCl.CCCCC(CC)CNCC(CC)CCCC.Cl.O=C(Cl)CCl. The van der Waals surface area contributed by atoms with E-state index in [-0.39, 0.29) is 44.9 Å². The van der Waals surface area contributed by atoms with E-state index in [9.17, 15) is 9.59 Å². The van der Waals surface area contributed by atoms with Crippen molar-refractivity contribution < 1.29 is 9.59 Å². The third kappa shape index (κ3) is 38.7. The topological polar surface area (TPSA) is 49.4 Å². The van der Waals surface area contributed by atoms with Crippen LogP contribution in [0.5, 0.6) is 0 Å². The third-order valence-electron chi connectivity index (χ3n) is 8.57. The van der Waals surface area contributed by atoms with E-state index in [4.69, 9.17) is 34.8 Å². The summed E-state index contributed by atoms with van der Waals surface area (Å²) in [6.07, 6.45) is 20.7. The van der Waals surface area contributed by atoms with Gasteiger partial charge in [-0.2, -0.15) is 0 Å². The van der Waals surface area contributed by atoms with Crippen LogP contribution < -0.4 is 5.32 Å². The Morgan fingerprint density at radius 2 is 0.848 bits per heavy atom. The maximum atomic E-state index is 12.2. The zero-order chi connectivity index (χ0) is 33.3. The fourth-order valence-electron chi connectivity index (χ4n) is 5.20. The lowest BCUT2D eigenvalue weighted by Crippen LogP contribution is -2.39. The van der Waals surface area contributed by atoms with Crippen LogP contribution in [-0.2, 0) is 9.59 Å². The van der Waals surface area contributed by atoms with E-state index in [1.165, 1.54) is 103 Å². The molecule has 8 heteroatoms. The highest BCUT2D eigenvalue weighted by Gasteiger charge is 2.20. The summed E-state index contributed by atoms with van der Waals surface area (Å²) < 4.78 is 0. The van der Waals surface area contributed by atoms with Crippen molar-refractivity contribution in [2.24, 2.45) is 23.7 Å². The van der Waals surface area contributed by atoms with Crippen molar-refractivity contribution in [3.05, 3.63) is 0 Å². The van der Waals surface area contributed by atoms with Gasteiger partial charge >= 0.3 is 0 Å². The molecule has 4 nitrogen and oxygen atoms in total. The first-order valence-electron chi connectivity index (χ1n) is 18.0. The summed E-state index contributed by atoms with van der Waals surface area (Å²) in [4.78, 5) is 23.6. The maximum Gasteiger partial charge on any atom is 0.237 e. The summed E-state index contributed by atoms with van der Waals surface area (Å²) in [5.41, 5.74) is 0. The predicted octanol–water partition coefficient (Wildman–Crippen LogP) is 13.2. The third-order valence-corrected chi connectivity index (χ3v) is 9.31. The van der Waals surface area contributed by atoms with E-state index >= 15 is 0 Å². The number of alkyl halides is 2. The lowest BCUT2D eigenvalue weighted by Gasteiger charge is -2.30. The number of hydrogen-bond acceptors (Lipinski definition) is 3. The molecular formula is C38H82Cl4N2O2. The molecule has 0 rings (SSSR count). The zero-order valence-electron chi connectivity index (χ0n) is 30.2. The van der Waals surface area contributed by atoms with Crippen molar-refractivity contribution >= 4 is 58.4 Å². The molecule has 284 valence electrons. The van der Waals surface area contributed by atoms with Crippen molar-refractivity contribution in [3.63, 3.8) is 0 Å². The fourth-order valence-corrected chi connectivity index (χ4v) is 5.37. The minimum atomic E-state index is -0.508. The highest BCUT2D eigenvalue weighted by molar-refractivity contribution is 6.67. The van der Waals surface area contributed by atoms with Crippen molar-refractivity contribution in [3.8, 4) is 0 Å². The van der Waals surface area contributed by atoms with Gasteiger partial charge in [-0.1, -0.05) is 147 Å². The number of amides is 1. The van der Waals surface area contributed by atoms with E-state index in [2.05, 4.69) is 60.7 Å². The van der Waals surface area contributed by atoms with Crippen LogP contribution in [0.2, 0.25) is 0 Å². The summed E-state index contributed by atoms with van der Waals surface area (Å²) in [6, 6.07) is 0. The Morgan fingerprint density at radius 3 is 1.07 bits per heavy atom. The van der Waals surface area contributed by atoms with Crippen LogP contribution in [0.3, 0.4) is 0 Å². The average Bonchev–Trinajstić information content (AvgIpc) is 3.03. The minimum absolute atomic E-state index is 0. The van der Waals surface area contributed by atoms with Crippen molar-refractivity contribution in [2.75, 3.05) is 37.9 Å². The molecule has 0 saturated heterocycles. The monoisotopic (exact) mass is 739 g/mol. The average molecular weight is 741 g/mol. The normalized spacial score (nSPS) is 12.7. The van der Waals surface area contributed by atoms with Crippen molar-refractivity contribution in [2.45, 2.75) is 173 Å². The first-order valence-corrected chi connectivity index (χ1v) is 19.4. The molecule has 0 saturated carbocycles. The Bertz CT molecular complexity index is 565. The highest BCUT2D eigenvalue weighted by Crippen LogP contribution is 2.19. The Morgan fingerprint density at radius 1 is 0.565 bits per heavy atom. The Hall–Kier alpha value is 0.260. The molecule has 1 amide bonds. The van der Waals surface area contributed by atoms with E-state index < -0.39 is 5.24 Å². The molecule has 0 heterocycles. The van der Waals surface area contributed by atoms with Gasteiger partial charge in [0.15, 0.2) is 0 Å². The molecule has 0 aromatic carbocycles. The van der Waals surface area contributed by atoms with Crippen LogP contribution in [0.15, 0.2) is 0 Å². The van der Waals surface area contributed by atoms with Crippen molar-refractivity contribution in [1.82, 2.24) is 10.2 Å². The number of rotatable bonds is 26. The van der Waals surface area contributed by atoms with Crippen LogP contribution in [0, 0.1) is 23.7 Å². The number of nitrogens with zero attached hydrogens (tertiary/aromatic N) is 1. The van der Waals surface area contributed by atoms with Gasteiger partial charge in [0, 0.05) is 13.1 Å². The van der Waals surface area contributed by atoms with Crippen LogP contribution in [0.25, 0.3) is 0 Å². The Balaban J connectivity index is -0.000000145. The lowest BCUT2D eigenvalue weighted by atomic mass is 9.95. The van der Waals surface area contributed by atoms with Gasteiger partial charge in [-0.05, 0) is 74.0 Å². The second-order valence-electron chi connectivity index (χ2n) is 12.2. The molecule has 4 unspecified atom stereocenters. The molecular weight excluding hydrogens is 658 g/mol. The number of carbonyl (C=O) groups is 2. The van der Waals surface area contributed by atoms with Crippen LogP contribution in [0.1, 0.15) is 173 Å².